The van der Waals surface area contributed by atoms with Crippen LogP contribution in [0.3, 0.4) is 0 Å². The average Bonchev–Trinajstić information content (AvgIpc) is 2.56. The van der Waals surface area contributed by atoms with E-state index in [0.717, 1.165) is 0 Å². The highest BCUT2D eigenvalue weighted by Crippen LogP contribution is 2.40. The molecule has 0 saturated carbocycles. The number of nitriles is 3. The maximum atomic E-state index is 9.53. The van der Waals surface area contributed by atoms with Gasteiger partial charge in [0.25, 0.3) is 0 Å². The van der Waals surface area contributed by atoms with Crippen molar-refractivity contribution in [3.05, 3.63) is 68.5 Å². The Labute approximate surface area is 137 Å². The Bertz CT molecular complexity index is 913. The Morgan fingerprint density at radius 1 is 1.17 bits per heavy atom. The third kappa shape index (κ3) is 2.67. The highest BCUT2D eigenvalue weighted by Gasteiger charge is 2.33. The molecule has 1 aliphatic rings. The molecule has 0 unspecified atom stereocenters. The van der Waals surface area contributed by atoms with E-state index in [2.05, 4.69) is 5.32 Å². The summed E-state index contributed by atoms with van der Waals surface area (Å²) < 4.78 is 0. The van der Waals surface area contributed by atoms with E-state index in [1.807, 2.05) is 12.1 Å². The summed E-state index contributed by atoms with van der Waals surface area (Å²) in [6.45, 7) is 0. The van der Waals surface area contributed by atoms with Crippen LogP contribution in [0.15, 0.2) is 52.5 Å². The van der Waals surface area contributed by atoms with Gasteiger partial charge in [0.2, 0.25) is 0 Å². The fourth-order valence-electron chi connectivity index (χ4n) is 2.31. The molecule has 1 aromatic rings. The van der Waals surface area contributed by atoms with Crippen molar-refractivity contribution in [2.75, 3.05) is 0 Å². The van der Waals surface area contributed by atoms with Crippen molar-refractivity contribution in [3.63, 3.8) is 0 Å². The lowest BCUT2D eigenvalue weighted by atomic mass is 9.81. The summed E-state index contributed by atoms with van der Waals surface area (Å²) in [6.07, 6.45) is 0. The van der Waals surface area contributed by atoms with Crippen molar-refractivity contribution in [3.8, 4) is 18.2 Å². The van der Waals surface area contributed by atoms with Crippen LogP contribution in [-0.2, 0) is 0 Å². The van der Waals surface area contributed by atoms with Crippen LogP contribution in [0.25, 0.3) is 5.41 Å². The standard InChI is InChI=1S/C16H8ClN6/c17-13-4-2-1-3-10(13)14-11(7-20)15(9(5-18)6-19)23-16(22)12(14)8-21/h1-4,14,23H,22H2/q-1/t14-/m1/s1. The normalized spacial score (nSPS) is 16.5. The van der Waals surface area contributed by atoms with Gasteiger partial charge >= 0.3 is 0 Å². The van der Waals surface area contributed by atoms with E-state index in [4.69, 9.17) is 28.0 Å². The second-order valence-corrected chi connectivity index (χ2v) is 4.92. The predicted molar refractivity (Wildman–Crippen MR) is 84.3 cm³/mol. The monoisotopic (exact) mass is 319 g/mol. The number of halogens is 1. The second-order valence-electron chi connectivity index (χ2n) is 4.52. The van der Waals surface area contributed by atoms with Gasteiger partial charge in [-0.25, -0.2) is 5.87 Å². The zero-order valence-corrected chi connectivity index (χ0v) is 12.4. The molecular weight excluding hydrogens is 312 g/mol. The van der Waals surface area contributed by atoms with E-state index in [1.54, 1.807) is 36.2 Å². The summed E-state index contributed by atoms with van der Waals surface area (Å²) in [7, 11) is 0. The molecular formula is C16H8ClN6-. The Balaban J connectivity index is 2.82. The molecule has 23 heavy (non-hydrogen) atoms. The quantitative estimate of drug-likeness (QED) is 0.637. The molecule has 1 atom stereocenters. The van der Waals surface area contributed by atoms with Gasteiger partial charge in [-0.15, -0.1) is 0 Å². The number of dihydropyridines is 1. The number of hydrogen-bond donors (Lipinski definition) is 2. The summed E-state index contributed by atoms with van der Waals surface area (Å²) in [6, 6.07) is 12.3. The Kier molecular flexibility index (Phi) is 4.50. The first-order valence-corrected chi connectivity index (χ1v) is 6.69. The van der Waals surface area contributed by atoms with Crippen molar-refractivity contribution in [1.82, 2.24) is 5.32 Å². The third-order valence-corrected chi connectivity index (χ3v) is 3.67. The van der Waals surface area contributed by atoms with Gasteiger partial charge < -0.3 is 16.5 Å². The van der Waals surface area contributed by atoms with Crippen LogP contribution in [0.5, 0.6) is 0 Å². The molecule has 0 aliphatic carbocycles. The summed E-state index contributed by atoms with van der Waals surface area (Å²) in [5, 5.41) is 40.0. The number of benzene rings is 1. The summed E-state index contributed by atoms with van der Waals surface area (Å²) in [5.74, 6) is 0.856. The van der Waals surface area contributed by atoms with E-state index in [-0.39, 0.29) is 28.2 Å². The van der Waals surface area contributed by atoms with Crippen LogP contribution in [0.4, 0.5) is 0 Å². The van der Waals surface area contributed by atoms with Gasteiger partial charge in [0.05, 0.1) is 40.5 Å². The van der Waals surface area contributed by atoms with Gasteiger partial charge in [-0.1, -0.05) is 29.8 Å². The molecule has 3 N–H and O–H groups in total. The lowest BCUT2D eigenvalue weighted by Crippen LogP contribution is -2.31. The van der Waals surface area contributed by atoms with E-state index < -0.39 is 5.92 Å². The van der Waals surface area contributed by atoms with Crippen molar-refractivity contribution in [1.29, 1.82) is 15.8 Å². The van der Waals surface area contributed by atoms with Crippen LogP contribution >= 0.6 is 11.6 Å². The van der Waals surface area contributed by atoms with Crippen LogP contribution in [0.2, 0.25) is 5.02 Å². The Morgan fingerprint density at radius 3 is 2.35 bits per heavy atom. The zero-order chi connectivity index (χ0) is 17.0. The van der Waals surface area contributed by atoms with E-state index >= 15 is 0 Å². The minimum Gasteiger partial charge on any atom is -0.762 e. The first-order chi connectivity index (χ1) is 11.1. The molecule has 0 amide bonds. The Hall–Kier alpha value is -3.49. The van der Waals surface area contributed by atoms with E-state index in [9.17, 15) is 10.5 Å². The van der Waals surface area contributed by atoms with Gasteiger partial charge in [0.1, 0.15) is 11.9 Å². The van der Waals surface area contributed by atoms with Crippen LogP contribution in [-0.4, -0.2) is 5.87 Å². The minimum absolute atomic E-state index is 0.00100. The fraction of sp³-hybridized carbons (Fsp3) is 0.0625. The van der Waals surface area contributed by atoms with Gasteiger partial charge in [-0.05, 0) is 11.6 Å². The first kappa shape index (κ1) is 15.9. The van der Waals surface area contributed by atoms with Crippen molar-refractivity contribution in [2.24, 2.45) is 5.73 Å². The number of rotatable bonds is 2. The lowest BCUT2D eigenvalue weighted by molar-refractivity contribution is 0.817. The third-order valence-electron chi connectivity index (χ3n) is 3.33. The second kappa shape index (κ2) is 6.52. The van der Waals surface area contributed by atoms with Gasteiger partial charge in [0, 0.05) is 5.02 Å². The van der Waals surface area contributed by atoms with Gasteiger partial charge in [-0.2, -0.15) is 15.8 Å². The molecule has 0 fully saturated rings. The zero-order valence-electron chi connectivity index (χ0n) is 11.6. The Morgan fingerprint density at radius 2 is 1.83 bits per heavy atom. The number of allylic oxidation sites excluding steroid dienone is 3. The number of nitrogens with zero attached hydrogens (tertiary/aromatic N) is 4. The molecule has 1 aliphatic heterocycles. The van der Waals surface area contributed by atoms with Crippen LogP contribution in [0.1, 0.15) is 11.5 Å². The molecule has 1 aromatic carbocycles. The number of nitrogens with one attached hydrogen (secondary N) is 1. The molecule has 1 heterocycles. The number of nitrogens with two attached hydrogens (primary N) is 1. The summed E-state index contributed by atoms with van der Waals surface area (Å²) in [4.78, 5) is 0. The number of hydrogen-bond acceptors (Lipinski definition) is 5. The minimum atomic E-state index is -0.841. The van der Waals surface area contributed by atoms with Gasteiger partial charge in [0.15, 0.2) is 0 Å². The molecule has 110 valence electrons. The van der Waals surface area contributed by atoms with Crippen molar-refractivity contribution >= 4 is 17.5 Å². The molecule has 6 nitrogen and oxygen atoms in total. The molecule has 0 aromatic heterocycles. The van der Waals surface area contributed by atoms with E-state index in [1.165, 1.54) is 0 Å². The molecule has 0 spiro atoms. The van der Waals surface area contributed by atoms with Crippen LogP contribution < -0.4 is 11.1 Å². The van der Waals surface area contributed by atoms with Crippen LogP contribution in [0, 0.1) is 34.0 Å². The lowest BCUT2D eigenvalue weighted by Gasteiger charge is -2.27. The van der Waals surface area contributed by atoms with Crippen molar-refractivity contribution in [2.45, 2.75) is 5.92 Å². The maximum Gasteiger partial charge on any atom is 0.116 e. The van der Waals surface area contributed by atoms with Crippen molar-refractivity contribution < 1.29 is 0 Å². The predicted octanol–water partition coefficient (Wildman–Crippen LogP) is 2.19. The highest BCUT2D eigenvalue weighted by atomic mass is 35.5. The largest absolute Gasteiger partial charge is 0.762 e. The fourth-order valence-corrected chi connectivity index (χ4v) is 2.56. The smallest absolute Gasteiger partial charge is 0.116 e. The van der Waals surface area contributed by atoms with E-state index in [0.29, 0.717) is 10.6 Å². The van der Waals surface area contributed by atoms with Gasteiger partial charge in [-0.3, -0.25) is 0 Å². The highest BCUT2D eigenvalue weighted by molar-refractivity contribution is 6.31. The molecule has 7 heteroatoms. The average molecular weight is 320 g/mol. The maximum absolute atomic E-state index is 9.53. The molecule has 0 bridgehead atoms. The molecule has 2 rings (SSSR count). The summed E-state index contributed by atoms with van der Waals surface area (Å²) >= 11 is 6.18. The molecule has 0 radical (unpaired) electrons. The summed E-state index contributed by atoms with van der Waals surface area (Å²) in [5.41, 5.74) is 6.20. The topological polar surface area (TPSA) is 132 Å². The SMILES string of the molecule is N#CC(=C=[N-])C1=C(C#N)[C@@H](c2ccccc2Cl)C(C#N)=C(N)N1. The molecule has 0 saturated heterocycles. The first-order valence-electron chi connectivity index (χ1n) is 6.32.